The molecule has 1 saturated heterocycles. The molecule has 29 heavy (non-hydrogen) atoms. The van der Waals surface area contributed by atoms with Crippen molar-refractivity contribution >= 4 is 17.4 Å². The van der Waals surface area contributed by atoms with Gasteiger partial charge < -0.3 is 14.7 Å². The fourth-order valence-corrected chi connectivity index (χ4v) is 3.55. The van der Waals surface area contributed by atoms with Crippen LogP contribution in [0, 0.1) is 19.7 Å². The van der Waals surface area contributed by atoms with Crippen molar-refractivity contribution in [3.05, 3.63) is 76.1 Å². The number of amides is 1. The van der Waals surface area contributed by atoms with E-state index >= 15 is 0 Å². The molecule has 2 aromatic rings. The molecular weight excluding hydrogens is 373 g/mol. The average Bonchev–Trinajstić information content (AvgIpc) is 2.95. The first-order chi connectivity index (χ1) is 13.9. The van der Waals surface area contributed by atoms with E-state index in [2.05, 4.69) is 0 Å². The zero-order chi connectivity index (χ0) is 21.1. The van der Waals surface area contributed by atoms with Gasteiger partial charge in [-0.15, -0.1) is 0 Å². The van der Waals surface area contributed by atoms with Crippen LogP contribution < -0.4 is 0 Å². The Kier molecular flexibility index (Phi) is 6.13. The van der Waals surface area contributed by atoms with E-state index in [0.717, 1.165) is 11.1 Å². The molecule has 3 rings (SSSR count). The number of Topliss-reactive ketones (excluding diaryl/α,β-unsaturated/α-hetero) is 1. The van der Waals surface area contributed by atoms with E-state index in [4.69, 9.17) is 4.74 Å². The van der Waals surface area contributed by atoms with Crippen molar-refractivity contribution in [2.75, 3.05) is 20.3 Å². The summed E-state index contributed by atoms with van der Waals surface area (Å²) < 4.78 is 19.7. The molecule has 1 N–H and O–H groups in total. The number of carbonyl (C=O) groups is 2. The Morgan fingerprint density at radius 2 is 1.86 bits per heavy atom. The number of aryl methyl sites for hydroxylation is 2. The van der Waals surface area contributed by atoms with E-state index in [1.54, 1.807) is 31.4 Å². The van der Waals surface area contributed by atoms with Crippen molar-refractivity contribution < 1.29 is 23.8 Å². The van der Waals surface area contributed by atoms with Crippen molar-refractivity contribution in [1.29, 1.82) is 0 Å². The van der Waals surface area contributed by atoms with E-state index in [9.17, 15) is 19.1 Å². The molecule has 2 aromatic carbocycles. The molecule has 0 saturated carbocycles. The summed E-state index contributed by atoms with van der Waals surface area (Å²) in [5.74, 6) is -2.40. The highest BCUT2D eigenvalue weighted by molar-refractivity contribution is 6.46. The second-order valence-corrected chi connectivity index (χ2v) is 7.16. The molecule has 1 unspecified atom stereocenters. The summed E-state index contributed by atoms with van der Waals surface area (Å²) >= 11 is 0. The minimum Gasteiger partial charge on any atom is -0.507 e. The molecule has 1 fully saturated rings. The predicted octanol–water partition coefficient (Wildman–Crippen LogP) is 3.90. The van der Waals surface area contributed by atoms with Crippen LogP contribution in [0.1, 0.15) is 34.7 Å². The number of benzene rings is 2. The molecule has 0 spiro atoms. The number of ketones is 1. The van der Waals surface area contributed by atoms with Gasteiger partial charge in [-0.3, -0.25) is 9.59 Å². The Bertz CT molecular complexity index is 983. The lowest BCUT2D eigenvalue weighted by Gasteiger charge is -2.25. The first kappa shape index (κ1) is 20.7. The number of hydrogen-bond donors (Lipinski definition) is 1. The number of nitrogens with zero attached hydrogens (tertiary/aromatic N) is 1. The second-order valence-electron chi connectivity index (χ2n) is 7.16. The molecule has 1 aliphatic heterocycles. The standard InChI is InChI=1S/C23H24FNO4/c1-14-9-10-16(13-15(14)2)21(26)19-20(17-7-4-5-8-18(17)24)25(11-6-12-29-3)23(28)22(19)27/h4-5,7-10,13,20,26H,6,11-12H2,1-3H3/b21-19+. The molecule has 6 heteroatoms. The number of aliphatic hydroxyl groups excluding tert-OH is 1. The maximum Gasteiger partial charge on any atom is 0.295 e. The summed E-state index contributed by atoms with van der Waals surface area (Å²) in [6, 6.07) is 10.3. The van der Waals surface area contributed by atoms with Crippen molar-refractivity contribution in [3.63, 3.8) is 0 Å². The summed E-state index contributed by atoms with van der Waals surface area (Å²) in [6.07, 6.45) is 0.484. The van der Waals surface area contributed by atoms with Gasteiger partial charge in [-0.25, -0.2) is 4.39 Å². The number of aliphatic hydroxyl groups is 1. The summed E-state index contributed by atoms with van der Waals surface area (Å²) in [5.41, 5.74) is 2.47. The molecule has 0 radical (unpaired) electrons. The summed E-state index contributed by atoms with van der Waals surface area (Å²) in [7, 11) is 1.54. The number of likely N-dealkylation sites (tertiary alicyclic amines) is 1. The summed E-state index contributed by atoms with van der Waals surface area (Å²) in [4.78, 5) is 26.9. The van der Waals surface area contributed by atoms with Gasteiger partial charge in [0.05, 0.1) is 11.6 Å². The number of hydrogen-bond acceptors (Lipinski definition) is 4. The van der Waals surface area contributed by atoms with E-state index in [0.29, 0.717) is 18.6 Å². The Hall–Kier alpha value is -2.99. The molecule has 0 aromatic heterocycles. The fraction of sp³-hybridized carbons (Fsp3) is 0.304. The number of halogens is 1. The lowest BCUT2D eigenvalue weighted by Crippen LogP contribution is -2.31. The van der Waals surface area contributed by atoms with Gasteiger partial charge in [-0.05, 0) is 43.5 Å². The van der Waals surface area contributed by atoms with E-state index in [1.807, 2.05) is 19.9 Å². The number of carbonyl (C=O) groups excluding carboxylic acids is 2. The number of ether oxygens (including phenoxy) is 1. The smallest absolute Gasteiger partial charge is 0.295 e. The van der Waals surface area contributed by atoms with Gasteiger partial charge in [0.2, 0.25) is 0 Å². The fourth-order valence-electron chi connectivity index (χ4n) is 3.55. The zero-order valence-corrected chi connectivity index (χ0v) is 16.7. The molecule has 1 amide bonds. The van der Waals surface area contributed by atoms with Crippen LogP contribution in [0.5, 0.6) is 0 Å². The number of rotatable bonds is 6. The monoisotopic (exact) mass is 397 g/mol. The highest BCUT2D eigenvalue weighted by Crippen LogP contribution is 2.40. The van der Waals surface area contributed by atoms with E-state index in [1.165, 1.54) is 17.0 Å². The van der Waals surface area contributed by atoms with Gasteiger partial charge in [0.15, 0.2) is 0 Å². The van der Waals surface area contributed by atoms with Gasteiger partial charge in [0, 0.05) is 31.4 Å². The Labute approximate surface area is 169 Å². The molecule has 152 valence electrons. The lowest BCUT2D eigenvalue weighted by molar-refractivity contribution is -0.140. The third-order valence-corrected chi connectivity index (χ3v) is 5.27. The Morgan fingerprint density at radius 3 is 2.52 bits per heavy atom. The van der Waals surface area contributed by atoms with E-state index < -0.39 is 23.5 Å². The van der Waals surface area contributed by atoms with Crippen molar-refractivity contribution in [1.82, 2.24) is 4.90 Å². The van der Waals surface area contributed by atoms with Crippen molar-refractivity contribution in [3.8, 4) is 0 Å². The van der Waals surface area contributed by atoms with Gasteiger partial charge >= 0.3 is 0 Å². The van der Waals surface area contributed by atoms with Gasteiger partial charge in [0.1, 0.15) is 11.6 Å². The highest BCUT2D eigenvalue weighted by Gasteiger charge is 2.46. The third-order valence-electron chi connectivity index (χ3n) is 5.27. The molecule has 1 aliphatic rings. The quantitative estimate of drug-likeness (QED) is 0.347. The van der Waals surface area contributed by atoms with Gasteiger partial charge in [-0.2, -0.15) is 0 Å². The van der Waals surface area contributed by atoms with Crippen LogP contribution in [0.25, 0.3) is 5.76 Å². The van der Waals surface area contributed by atoms with Gasteiger partial charge in [-0.1, -0.05) is 30.3 Å². The maximum atomic E-state index is 14.6. The average molecular weight is 397 g/mol. The van der Waals surface area contributed by atoms with Crippen molar-refractivity contribution in [2.45, 2.75) is 26.3 Å². The molecule has 1 atom stereocenters. The molecular formula is C23H24FNO4. The van der Waals surface area contributed by atoms with Crippen LogP contribution in [0.2, 0.25) is 0 Å². The zero-order valence-electron chi connectivity index (χ0n) is 16.7. The highest BCUT2D eigenvalue weighted by atomic mass is 19.1. The third kappa shape index (κ3) is 3.93. The van der Waals surface area contributed by atoms with Crippen molar-refractivity contribution in [2.24, 2.45) is 0 Å². The normalized spacial score (nSPS) is 18.5. The SMILES string of the molecule is COCCCN1C(=O)C(=O)/C(=C(/O)c2ccc(C)c(C)c2)C1c1ccccc1F. The second kappa shape index (κ2) is 8.57. The lowest BCUT2D eigenvalue weighted by atomic mass is 9.94. The van der Waals surface area contributed by atoms with Crippen LogP contribution in [0.15, 0.2) is 48.0 Å². The summed E-state index contributed by atoms with van der Waals surface area (Å²) in [6.45, 7) is 4.43. The van der Waals surface area contributed by atoms with Crippen LogP contribution in [0.4, 0.5) is 4.39 Å². The molecule has 5 nitrogen and oxygen atoms in total. The van der Waals surface area contributed by atoms with Gasteiger partial charge in [0.25, 0.3) is 11.7 Å². The molecule has 0 aliphatic carbocycles. The number of methoxy groups -OCH3 is 1. The molecule has 1 heterocycles. The largest absolute Gasteiger partial charge is 0.507 e. The minimum absolute atomic E-state index is 0.0965. The minimum atomic E-state index is -0.991. The first-order valence-electron chi connectivity index (χ1n) is 9.46. The van der Waals surface area contributed by atoms with Crippen LogP contribution in [0.3, 0.4) is 0 Å². The Balaban J connectivity index is 2.16. The van der Waals surface area contributed by atoms with Crippen LogP contribution >= 0.6 is 0 Å². The first-order valence-corrected chi connectivity index (χ1v) is 9.46. The van der Waals surface area contributed by atoms with Crippen LogP contribution in [-0.2, 0) is 14.3 Å². The predicted molar refractivity (Wildman–Crippen MR) is 108 cm³/mol. The van der Waals surface area contributed by atoms with E-state index in [-0.39, 0.29) is 23.4 Å². The topological polar surface area (TPSA) is 66.8 Å². The van der Waals surface area contributed by atoms with Crippen LogP contribution in [-0.4, -0.2) is 42.0 Å². The maximum absolute atomic E-state index is 14.6. The Morgan fingerprint density at radius 1 is 1.14 bits per heavy atom. The molecule has 0 bridgehead atoms. The summed E-state index contributed by atoms with van der Waals surface area (Å²) in [5, 5.41) is 11.0.